The van der Waals surface area contributed by atoms with Crippen molar-refractivity contribution in [2.45, 2.75) is 13.8 Å². The molecule has 0 nitrogen and oxygen atoms in total. The molecule has 0 aromatic heterocycles. The van der Waals surface area contributed by atoms with Crippen molar-refractivity contribution >= 4 is 6.08 Å². The van der Waals surface area contributed by atoms with Gasteiger partial charge in [-0.1, -0.05) is 24.8 Å². The van der Waals surface area contributed by atoms with Crippen LogP contribution in [0, 0.1) is 13.8 Å². The SMILES string of the molecule is C=C=Cc1c(C)cccc1C. The third-order valence-electron chi connectivity index (χ3n) is 1.79. The normalized spacial score (nSPS) is 8.91. The van der Waals surface area contributed by atoms with Crippen LogP contribution in [0.15, 0.2) is 30.5 Å². The Balaban J connectivity index is 3.31. The highest BCUT2D eigenvalue weighted by Crippen LogP contribution is 2.13. The zero-order chi connectivity index (χ0) is 8.27. The molecule has 0 heterocycles. The molecule has 0 aliphatic rings. The molecule has 0 unspecified atom stereocenters. The topological polar surface area (TPSA) is 0 Å². The molecule has 56 valence electrons. The number of hydrogen-bond acceptors (Lipinski definition) is 0. The van der Waals surface area contributed by atoms with Gasteiger partial charge in [0.2, 0.25) is 0 Å². The van der Waals surface area contributed by atoms with Gasteiger partial charge in [-0.2, -0.15) is 0 Å². The average Bonchev–Trinajstić information content (AvgIpc) is 1.97. The maximum atomic E-state index is 3.56. The van der Waals surface area contributed by atoms with Gasteiger partial charge in [-0.05, 0) is 36.6 Å². The maximum Gasteiger partial charge on any atom is -0.0121 e. The highest BCUT2D eigenvalue weighted by Gasteiger charge is 1.95. The summed E-state index contributed by atoms with van der Waals surface area (Å²) in [6, 6.07) is 6.25. The summed E-state index contributed by atoms with van der Waals surface area (Å²) in [6.45, 7) is 7.74. The molecule has 0 aliphatic heterocycles. The highest BCUT2D eigenvalue weighted by molar-refractivity contribution is 5.56. The van der Waals surface area contributed by atoms with Gasteiger partial charge in [0.05, 0.1) is 0 Å². The predicted molar refractivity (Wildman–Crippen MR) is 49.5 cm³/mol. The van der Waals surface area contributed by atoms with Crippen LogP contribution in [-0.2, 0) is 0 Å². The summed E-state index contributed by atoms with van der Waals surface area (Å²) in [6.07, 6.45) is 1.92. The lowest BCUT2D eigenvalue weighted by Gasteiger charge is -2.01. The van der Waals surface area contributed by atoms with E-state index in [2.05, 4.69) is 44.4 Å². The molecule has 0 radical (unpaired) electrons. The number of hydrogen-bond donors (Lipinski definition) is 0. The fourth-order valence-electron chi connectivity index (χ4n) is 1.16. The Bertz CT molecular complexity index is 282. The lowest BCUT2D eigenvalue weighted by molar-refractivity contribution is 1.36. The monoisotopic (exact) mass is 144 g/mol. The van der Waals surface area contributed by atoms with Crippen LogP contribution in [-0.4, -0.2) is 0 Å². The van der Waals surface area contributed by atoms with E-state index in [4.69, 9.17) is 0 Å². The van der Waals surface area contributed by atoms with Crippen LogP contribution in [0.3, 0.4) is 0 Å². The van der Waals surface area contributed by atoms with Gasteiger partial charge in [-0.15, -0.1) is 5.73 Å². The fourth-order valence-corrected chi connectivity index (χ4v) is 1.16. The van der Waals surface area contributed by atoms with Crippen molar-refractivity contribution in [2.75, 3.05) is 0 Å². The van der Waals surface area contributed by atoms with Gasteiger partial charge in [0, 0.05) is 0 Å². The van der Waals surface area contributed by atoms with Crippen LogP contribution >= 0.6 is 0 Å². The van der Waals surface area contributed by atoms with E-state index in [0.29, 0.717) is 0 Å². The maximum absolute atomic E-state index is 3.56. The van der Waals surface area contributed by atoms with Crippen molar-refractivity contribution in [2.24, 2.45) is 0 Å². The van der Waals surface area contributed by atoms with Gasteiger partial charge in [0.15, 0.2) is 0 Å². The Hall–Kier alpha value is -1.26. The average molecular weight is 144 g/mol. The Kier molecular flexibility index (Phi) is 2.30. The highest BCUT2D eigenvalue weighted by atomic mass is 14.0. The lowest BCUT2D eigenvalue weighted by atomic mass is 10.0. The van der Waals surface area contributed by atoms with Crippen molar-refractivity contribution in [3.8, 4) is 0 Å². The smallest absolute Gasteiger partial charge is 0.0121 e. The Labute approximate surface area is 67.9 Å². The van der Waals surface area contributed by atoms with Crippen molar-refractivity contribution < 1.29 is 0 Å². The molecule has 0 amide bonds. The third-order valence-corrected chi connectivity index (χ3v) is 1.79. The van der Waals surface area contributed by atoms with Gasteiger partial charge in [-0.25, -0.2) is 0 Å². The van der Waals surface area contributed by atoms with Crippen molar-refractivity contribution in [1.82, 2.24) is 0 Å². The van der Waals surface area contributed by atoms with Crippen LogP contribution < -0.4 is 0 Å². The van der Waals surface area contributed by atoms with Gasteiger partial charge in [-0.3, -0.25) is 0 Å². The van der Waals surface area contributed by atoms with E-state index in [1.807, 2.05) is 6.08 Å². The van der Waals surface area contributed by atoms with Crippen LogP contribution in [0.25, 0.3) is 6.08 Å². The van der Waals surface area contributed by atoms with E-state index in [9.17, 15) is 0 Å². The summed E-state index contributed by atoms with van der Waals surface area (Å²) in [5.41, 5.74) is 6.59. The number of aryl methyl sites for hydroxylation is 2. The second kappa shape index (κ2) is 3.23. The minimum absolute atomic E-state index is 1.24. The third kappa shape index (κ3) is 1.60. The van der Waals surface area contributed by atoms with E-state index >= 15 is 0 Å². The predicted octanol–water partition coefficient (Wildman–Crippen LogP) is 3.10. The molecule has 0 N–H and O–H groups in total. The molecule has 0 saturated carbocycles. The van der Waals surface area contributed by atoms with E-state index in [1.54, 1.807) is 0 Å². The molecule has 0 fully saturated rings. The molecule has 0 saturated heterocycles. The molecule has 0 bridgehead atoms. The van der Waals surface area contributed by atoms with Crippen molar-refractivity contribution in [1.29, 1.82) is 0 Å². The minimum atomic E-state index is 1.24. The summed E-state index contributed by atoms with van der Waals surface area (Å²) in [4.78, 5) is 0. The van der Waals surface area contributed by atoms with Gasteiger partial charge in [0.25, 0.3) is 0 Å². The van der Waals surface area contributed by atoms with Crippen LogP contribution in [0.5, 0.6) is 0 Å². The molecule has 0 spiro atoms. The molecule has 1 rings (SSSR count). The second-order valence-electron chi connectivity index (χ2n) is 2.65. The fraction of sp³-hybridized carbons (Fsp3) is 0.182. The molecule has 0 aliphatic carbocycles. The first-order valence-electron chi connectivity index (χ1n) is 3.67. The van der Waals surface area contributed by atoms with Crippen LogP contribution in [0.4, 0.5) is 0 Å². The molecular formula is C11H12. The van der Waals surface area contributed by atoms with E-state index in [-0.39, 0.29) is 0 Å². The molecule has 1 aromatic carbocycles. The summed E-state index contributed by atoms with van der Waals surface area (Å²) < 4.78 is 0. The zero-order valence-corrected chi connectivity index (χ0v) is 7.02. The quantitative estimate of drug-likeness (QED) is 0.531. The summed E-state index contributed by atoms with van der Waals surface area (Å²) in [5.74, 6) is 0. The van der Waals surface area contributed by atoms with Crippen molar-refractivity contribution in [3.05, 3.63) is 47.2 Å². The Morgan fingerprint density at radius 2 is 1.82 bits per heavy atom. The van der Waals surface area contributed by atoms with Gasteiger partial charge in [0.1, 0.15) is 0 Å². The lowest BCUT2D eigenvalue weighted by Crippen LogP contribution is -1.83. The molecular weight excluding hydrogens is 132 g/mol. The van der Waals surface area contributed by atoms with Gasteiger partial charge >= 0.3 is 0 Å². The first kappa shape index (κ1) is 7.84. The molecule has 0 atom stereocenters. The molecule has 11 heavy (non-hydrogen) atoms. The Morgan fingerprint density at radius 3 is 2.27 bits per heavy atom. The molecule has 0 heteroatoms. The van der Waals surface area contributed by atoms with Crippen LogP contribution in [0.1, 0.15) is 16.7 Å². The van der Waals surface area contributed by atoms with Gasteiger partial charge < -0.3 is 0 Å². The van der Waals surface area contributed by atoms with Crippen molar-refractivity contribution in [3.63, 3.8) is 0 Å². The largest absolute Gasteiger partial charge is 0.128 e. The van der Waals surface area contributed by atoms with Crippen LogP contribution in [0.2, 0.25) is 0 Å². The first-order valence-corrected chi connectivity index (χ1v) is 3.67. The standard InChI is InChI=1S/C11H12/c1-4-6-11-9(2)7-5-8-10(11)3/h5-8H,1H2,2-3H3. The van der Waals surface area contributed by atoms with E-state index in [1.165, 1.54) is 16.7 Å². The minimum Gasteiger partial charge on any atom is -0.128 e. The Morgan fingerprint density at radius 1 is 1.27 bits per heavy atom. The first-order chi connectivity index (χ1) is 5.25. The summed E-state index contributed by atoms with van der Waals surface area (Å²) >= 11 is 0. The number of rotatable bonds is 1. The zero-order valence-electron chi connectivity index (χ0n) is 7.02. The summed E-state index contributed by atoms with van der Waals surface area (Å²) in [7, 11) is 0. The number of benzene rings is 1. The summed E-state index contributed by atoms with van der Waals surface area (Å²) in [5, 5.41) is 0. The second-order valence-corrected chi connectivity index (χ2v) is 2.65. The molecule has 1 aromatic rings. The van der Waals surface area contributed by atoms with E-state index in [0.717, 1.165) is 0 Å². The van der Waals surface area contributed by atoms with E-state index < -0.39 is 0 Å².